The first-order chi connectivity index (χ1) is 5.00. The predicted molar refractivity (Wildman–Crippen MR) is 46.3 cm³/mol. The molecule has 2 nitrogen and oxygen atoms in total. The third kappa shape index (κ3) is 4.73. The van der Waals surface area contributed by atoms with E-state index >= 15 is 0 Å². The maximum Gasteiger partial charge on any atom is 0.0613 e. The van der Waals surface area contributed by atoms with Crippen LogP contribution in [0.3, 0.4) is 0 Å². The molecule has 0 spiro atoms. The fraction of sp³-hybridized carbons (Fsp3) is 1.00. The normalized spacial score (nSPS) is 18.2. The summed E-state index contributed by atoms with van der Waals surface area (Å²) in [5.74, 6) is 0.214. The van der Waals surface area contributed by atoms with Gasteiger partial charge in [0.25, 0.3) is 0 Å². The van der Waals surface area contributed by atoms with Crippen molar-refractivity contribution in [3.8, 4) is 0 Å². The third-order valence-corrected chi connectivity index (χ3v) is 2.25. The van der Waals surface area contributed by atoms with Crippen LogP contribution in [-0.4, -0.2) is 22.4 Å². The van der Waals surface area contributed by atoms with Crippen LogP contribution < -0.4 is 0 Å². The summed E-state index contributed by atoms with van der Waals surface area (Å²) in [6.07, 6.45) is -0.0392. The summed E-state index contributed by atoms with van der Waals surface area (Å²) in [4.78, 5) is 0. The van der Waals surface area contributed by atoms with Gasteiger partial charge in [-0.3, -0.25) is 0 Å². The van der Waals surface area contributed by atoms with Gasteiger partial charge in [-0.2, -0.15) is 0 Å². The van der Waals surface area contributed by atoms with Gasteiger partial charge >= 0.3 is 0 Å². The zero-order chi connectivity index (χ0) is 9.02. The molecule has 0 heterocycles. The van der Waals surface area contributed by atoms with Crippen molar-refractivity contribution >= 4 is 0 Å². The Morgan fingerprint density at radius 3 is 1.75 bits per heavy atom. The molecular weight excluding hydrogens is 185 g/mol. The average Bonchev–Trinajstić information content (AvgIpc) is 2.00. The Bertz CT molecular complexity index is 107. The molecule has 0 bridgehead atoms. The van der Waals surface area contributed by atoms with E-state index < -0.39 is 0 Å². The second kappa shape index (κ2) is 7.22. The van der Waals surface area contributed by atoms with E-state index in [2.05, 4.69) is 0 Å². The van der Waals surface area contributed by atoms with Crippen molar-refractivity contribution in [2.24, 2.45) is 11.8 Å². The maximum absolute atomic E-state index is 9.54. The van der Waals surface area contributed by atoms with E-state index in [0.29, 0.717) is 6.42 Å². The summed E-state index contributed by atoms with van der Waals surface area (Å²) in [6.45, 7) is 7.74. The zero-order valence-corrected chi connectivity index (χ0v) is 10.3. The number of hydrogen-bond donors (Lipinski definition) is 2. The fourth-order valence-electron chi connectivity index (χ4n) is 1.21. The Kier molecular flexibility index (Phi) is 9.19. The van der Waals surface area contributed by atoms with Gasteiger partial charge in [0.15, 0.2) is 0 Å². The summed E-state index contributed by atoms with van der Waals surface area (Å²) in [6, 6.07) is 0. The first-order valence-corrected chi connectivity index (χ1v) is 4.36. The Balaban J connectivity index is 0. The van der Waals surface area contributed by atoms with E-state index in [1.165, 1.54) is 0 Å². The third-order valence-electron chi connectivity index (χ3n) is 2.25. The minimum absolute atomic E-state index is 0. The second-order valence-corrected chi connectivity index (χ2v) is 3.57. The zero-order valence-electron chi connectivity index (χ0n) is 8.49. The Morgan fingerprint density at radius 2 is 1.50 bits per heavy atom. The summed E-state index contributed by atoms with van der Waals surface area (Å²) in [5, 5.41) is 18.9. The molecule has 0 aromatic rings. The number of hydrogen-bond acceptors (Lipinski definition) is 2. The Labute approximate surface area is 94.2 Å². The van der Waals surface area contributed by atoms with Crippen LogP contribution in [0.1, 0.15) is 34.1 Å². The Morgan fingerprint density at radius 1 is 1.08 bits per heavy atom. The van der Waals surface area contributed by atoms with E-state index in [-0.39, 0.29) is 49.9 Å². The molecule has 0 amide bonds. The predicted octanol–water partition coefficient (Wildman–Crippen LogP) is 1.41. The number of aliphatic hydroxyl groups is 2. The summed E-state index contributed by atoms with van der Waals surface area (Å²) < 4.78 is 0. The molecule has 12 heavy (non-hydrogen) atoms. The van der Waals surface area contributed by atoms with Crippen LogP contribution in [0.5, 0.6) is 0 Å². The second-order valence-electron chi connectivity index (χ2n) is 3.57. The van der Waals surface area contributed by atoms with Gasteiger partial charge in [0.2, 0.25) is 0 Å². The van der Waals surface area contributed by atoms with Gasteiger partial charge in [-0.15, -0.1) is 0 Å². The molecule has 2 N–H and O–H groups in total. The molecule has 0 aromatic heterocycles. The largest absolute Gasteiger partial charge is 0.393 e. The van der Waals surface area contributed by atoms with E-state index in [4.69, 9.17) is 0 Å². The van der Waals surface area contributed by atoms with Crippen LogP contribution in [0.15, 0.2) is 0 Å². The number of rotatable bonds is 4. The molecule has 0 rings (SSSR count). The van der Waals surface area contributed by atoms with Gasteiger partial charge in [0.1, 0.15) is 0 Å². The minimum atomic E-state index is -0.384. The fourth-order valence-corrected chi connectivity index (χ4v) is 1.21. The van der Waals surface area contributed by atoms with Crippen LogP contribution in [0, 0.1) is 11.8 Å². The van der Waals surface area contributed by atoms with Crippen molar-refractivity contribution < 1.29 is 36.1 Å². The molecule has 0 aromatic carbocycles. The molecule has 0 aliphatic rings. The van der Waals surface area contributed by atoms with Crippen molar-refractivity contribution in [3.05, 3.63) is 0 Å². The van der Waals surface area contributed by atoms with Crippen molar-refractivity contribution in [1.29, 1.82) is 0 Å². The van der Waals surface area contributed by atoms with Crippen LogP contribution in [0.2, 0.25) is 0 Å². The van der Waals surface area contributed by atoms with Gasteiger partial charge in [-0.25, -0.2) is 0 Å². The first-order valence-electron chi connectivity index (χ1n) is 4.36. The molecule has 3 heteroatoms. The summed E-state index contributed by atoms with van der Waals surface area (Å²) >= 11 is 0. The molecule has 0 fully saturated rings. The van der Waals surface area contributed by atoms with Gasteiger partial charge in [-0.05, 0) is 12.3 Å². The van der Waals surface area contributed by atoms with Gasteiger partial charge in [-0.1, -0.05) is 27.7 Å². The Hall–Kier alpha value is 0.790. The van der Waals surface area contributed by atoms with Gasteiger partial charge < -0.3 is 10.2 Å². The molecular formula is C9H20O2Sc. The number of aliphatic hydroxyl groups excluding tert-OH is 2. The average molecular weight is 205 g/mol. The van der Waals surface area contributed by atoms with E-state index in [9.17, 15) is 10.2 Å². The van der Waals surface area contributed by atoms with Crippen molar-refractivity contribution in [3.63, 3.8) is 0 Å². The van der Waals surface area contributed by atoms with Crippen LogP contribution >= 0.6 is 0 Å². The quantitative estimate of drug-likeness (QED) is 0.728. The smallest absolute Gasteiger partial charge is 0.0613 e. The summed E-state index contributed by atoms with van der Waals surface area (Å²) in [7, 11) is 0. The molecule has 1 radical (unpaired) electrons. The SMILES string of the molecule is CCC(O)C(C)C(O)C(C)C.[Sc]. The van der Waals surface area contributed by atoms with Crippen LogP contribution in [0.25, 0.3) is 0 Å². The molecule has 3 atom stereocenters. The van der Waals surface area contributed by atoms with Crippen molar-refractivity contribution in [1.82, 2.24) is 0 Å². The van der Waals surface area contributed by atoms with Crippen LogP contribution in [0.4, 0.5) is 0 Å². The summed E-state index contributed by atoms with van der Waals surface area (Å²) in [5.41, 5.74) is 0. The maximum atomic E-state index is 9.54. The van der Waals surface area contributed by atoms with Crippen molar-refractivity contribution in [2.45, 2.75) is 46.3 Å². The van der Waals surface area contributed by atoms with E-state index in [1.807, 2.05) is 27.7 Å². The molecule has 0 saturated heterocycles. The molecule has 0 saturated carbocycles. The first kappa shape index (κ1) is 15.3. The van der Waals surface area contributed by atoms with Crippen LogP contribution in [-0.2, 0) is 25.8 Å². The van der Waals surface area contributed by atoms with E-state index in [1.54, 1.807) is 0 Å². The van der Waals surface area contributed by atoms with Gasteiger partial charge in [0.05, 0.1) is 12.2 Å². The monoisotopic (exact) mass is 205 g/mol. The minimum Gasteiger partial charge on any atom is -0.393 e. The molecule has 3 unspecified atom stereocenters. The standard InChI is InChI=1S/C9H20O2.Sc/c1-5-8(10)7(4)9(11)6(2)3;/h6-11H,5H2,1-4H3;. The molecule has 0 aliphatic heterocycles. The van der Waals surface area contributed by atoms with E-state index in [0.717, 1.165) is 0 Å². The van der Waals surface area contributed by atoms with Crippen molar-refractivity contribution in [2.75, 3.05) is 0 Å². The molecule has 71 valence electrons. The van der Waals surface area contributed by atoms with Gasteiger partial charge in [0, 0.05) is 31.8 Å². The topological polar surface area (TPSA) is 40.5 Å². The molecule has 0 aliphatic carbocycles.